The normalized spacial score (nSPS) is 10.0. The molecule has 21 heavy (non-hydrogen) atoms. The third-order valence-electron chi connectivity index (χ3n) is 2.68. The van der Waals surface area contributed by atoms with Crippen molar-refractivity contribution in [3.63, 3.8) is 0 Å². The Balaban J connectivity index is 2.28. The van der Waals surface area contributed by atoms with Crippen molar-refractivity contribution in [3.8, 4) is 5.75 Å². The van der Waals surface area contributed by atoms with Gasteiger partial charge in [0.2, 0.25) is 0 Å². The fraction of sp³-hybridized carbons (Fsp3) is 0.125. The van der Waals surface area contributed by atoms with E-state index in [1.807, 2.05) is 0 Å². The molecule has 2 rings (SSSR count). The molecule has 0 saturated carbocycles. The number of ether oxygens (including phenoxy) is 2. The molecule has 0 bridgehead atoms. The van der Waals surface area contributed by atoms with Gasteiger partial charge in [0.25, 0.3) is 0 Å². The maximum atomic E-state index is 12.2. The molecule has 2 aromatic carbocycles. The summed E-state index contributed by atoms with van der Waals surface area (Å²) in [6, 6.07) is 12.9. The lowest BCUT2D eigenvalue weighted by Gasteiger charge is -2.09. The fourth-order valence-electron chi connectivity index (χ4n) is 1.73. The van der Waals surface area contributed by atoms with Crippen molar-refractivity contribution in [2.45, 2.75) is 6.92 Å². The predicted molar refractivity (Wildman–Crippen MR) is 78.8 cm³/mol. The predicted octanol–water partition coefficient (Wildman–Crippen LogP) is 3.74. The number of rotatable bonds is 4. The molecule has 0 saturated heterocycles. The third kappa shape index (κ3) is 3.61. The van der Waals surface area contributed by atoms with Gasteiger partial charge in [-0.2, -0.15) is 0 Å². The first-order valence-electron chi connectivity index (χ1n) is 6.36. The quantitative estimate of drug-likeness (QED) is 0.638. The Morgan fingerprint density at radius 3 is 2.14 bits per heavy atom. The van der Waals surface area contributed by atoms with E-state index in [1.165, 1.54) is 12.1 Å². The number of esters is 2. The van der Waals surface area contributed by atoms with Gasteiger partial charge in [-0.1, -0.05) is 35.9 Å². The van der Waals surface area contributed by atoms with Crippen molar-refractivity contribution in [1.82, 2.24) is 0 Å². The molecule has 0 spiro atoms. The van der Waals surface area contributed by atoms with Crippen LogP contribution in [0.3, 0.4) is 0 Å². The van der Waals surface area contributed by atoms with Gasteiger partial charge in [-0.15, -0.1) is 0 Å². The lowest BCUT2D eigenvalue weighted by atomic mass is 10.1. The molecule has 0 aliphatic carbocycles. The van der Waals surface area contributed by atoms with E-state index in [2.05, 4.69) is 0 Å². The Morgan fingerprint density at radius 1 is 0.952 bits per heavy atom. The second-order valence-corrected chi connectivity index (χ2v) is 4.49. The summed E-state index contributed by atoms with van der Waals surface area (Å²) in [7, 11) is 0. The van der Waals surface area contributed by atoms with Gasteiger partial charge in [0.1, 0.15) is 5.75 Å². The van der Waals surface area contributed by atoms with E-state index in [0.717, 1.165) is 0 Å². The van der Waals surface area contributed by atoms with Crippen LogP contribution in [-0.2, 0) is 4.74 Å². The van der Waals surface area contributed by atoms with Crippen LogP contribution in [-0.4, -0.2) is 18.5 Å². The second-order valence-electron chi connectivity index (χ2n) is 4.09. The molecule has 0 radical (unpaired) electrons. The van der Waals surface area contributed by atoms with E-state index in [9.17, 15) is 9.59 Å². The number of para-hydroxylation sites is 1. The number of halogens is 1. The van der Waals surface area contributed by atoms with Crippen molar-refractivity contribution >= 4 is 23.5 Å². The summed E-state index contributed by atoms with van der Waals surface area (Å²) in [5.74, 6) is -0.987. The standard InChI is InChI=1S/C16H13ClO4/c1-2-20-15(18)11-7-3-4-8-12(11)16(19)21-14-10-6-5-9-13(14)17/h3-10H,2H2,1H3. The SMILES string of the molecule is CCOC(=O)c1ccccc1C(=O)Oc1ccccc1Cl. The first kappa shape index (κ1) is 15.1. The molecule has 0 atom stereocenters. The van der Waals surface area contributed by atoms with Gasteiger partial charge in [-0.25, -0.2) is 9.59 Å². The lowest BCUT2D eigenvalue weighted by molar-refractivity contribution is 0.0517. The topological polar surface area (TPSA) is 52.6 Å². The molecule has 2 aromatic rings. The highest BCUT2D eigenvalue weighted by molar-refractivity contribution is 6.32. The highest BCUT2D eigenvalue weighted by atomic mass is 35.5. The largest absolute Gasteiger partial charge is 0.462 e. The van der Waals surface area contributed by atoms with Crippen LogP contribution >= 0.6 is 11.6 Å². The number of hydrogen-bond donors (Lipinski definition) is 0. The molecule has 0 N–H and O–H groups in total. The molecule has 4 nitrogen and oxygen atoms in total. The minimum atomic E-state index is -0.660. The Hall–Kier alpha value is -2.33. The Bertz CT molecular complexity index is 667. The summed E-state index contributed by atoms with van der Waals surface area (Å²) < 4.78 is 10.1. The Morgan fingerprint density at radius 2 is 1.52 bits per heavy atom. The zero-order valence-electron chi connectivity index (χ0n) is 11.3. The van der Waals surface area contributed by atoms with E-state index in [4.69, 9.17) is 21.1 Å². The number of carbonyl (C=O) groups is 2. The molecule has 0 aromatic heterocycles. The number of benzene rings is 2. The summed E-state index contributed by atoms with van der Waals surface area (Å²) in [4.78, 5) is 24.0. The van der Waals surface area contributed by atoms with Gasteiger partial charge >= 0.3 is 11.9 Å². The molecule has 5 heteroatoms. The molecule has 0 amide bonds. The lowest BCUT2D eigenvalue weighted by Crippen LogP contribution is -2.16. The van der Waals surface area contributed by atoms with E-state index in [-0.39, 0.29) is 23.5 Å². The van der Waals surface area contributed by atoms with Gasteiger partial charge in [0, 0.05) is 0 Å². The summed E-state index contributed by atoms with van der Waals surface area (Å²) in [5, 5.41) is 0.319. The molecule has 108 valence electrons. The average Bonchev–Trinajstić information content (AvgIpc) is 2.50. The van der Waals surface area contributed by atoms with Gasteiger partial charge in [0.15, 0.2) is 0 Å². The van der Waals surface area contributed by atoms with Gasteiger partial charge in [-0.3, -0.25) is 0 Å². The van der Waals surface area contributed by atoms with E-state index in [1.54, 1.807) is 43.3 Å². The average molecular weight is 305 g/mol. The maximum Gasteiger partial charge on any atom is 0.344 e. The Labute approximate surface area is 127 Å². The van der Waals surface area contributed by atoms with Crippen LogP contribution < -0.4 is 4.74 Å². The smallest absolute Gasteiger partial charge is 0.344 e. The van der Waals surface area contributed by atoms with Crippen molar-refractivity contribution in [2.75, 3.05) is 6.61 Å². The highest BCUT2D eigenvalue weighted by Crippen LogP contribution is 2.24. The molecular formula is C16H13ClO4. The van der Waals surface area contributed by atoms with Crippen molar-refractivity contribution in [2.24, 2.45) is 0 Å². The second kappa shape index (κ2) is 6.90. The van der Waals surface area contributed by atoms with E-state index < -0.39 is 11.9 Å². The van der Waals surface area contributed by atoms with Crippen LogP contribution in [0.5, 0.6) is 5.75 Å². The Kier molecular flexibility index (Phi) is 4.95. The van der Waals surface area contributed by atoms with Crippen LogP contribution in [0, 0.1) is 0 Å². The molecule has 0 fully saturated rings. The summed E-state index contributed by atoms with van der Waals surface area (Å²) in [6.45, 7) is 1.93. The van der Waals surface area contributed by atoms with Crippen LogP contribution in [0.4, 0.5) is 0 Å². The summed E-state index contributed by atoms with van der Waals surface area (Å²) in [6.07, 6.45) is 0. The minimum absolute atomic E-state index is 0.135. The number of carbonyl (C=O) groups excluding carboxylic acids is 2. The molecule has 0 unspecified atom stereocenters. The third-order valence-corrected chi connectivity index (χ3v) is 2.99. The van der Waals surface area contributed by atoms with Crippen molar-refractivity contribution in [3.05, 3.63) is 64.7 Å². The summed E-state index contributed by atoms with van der Waals surface area (Å²) in [5.41, 5.74) is 0.298. The van der Waals surface area contributed by atoms with Crippen LogP contribution in [0.15, 0.2) is 48.5 Å². The van der Waals surface area contributed by atoms with E-state index >= 15 is 0 Å². The maximum absolute atomic E-state index is 12.2. The molecular weight excluding hydrogens is 292 g/mol. The van der Waals surface area contributed by atoms with E-state index in [0.29, 0.717) is 5.02 Å². The van der Waals surface area contributed by atoms with Gasteiger partial charge in [-0.05, 0) is 31.2 Å². The molecule has 0 heterocycles. The van der Waals surface area contributed by atoms with Crippen molar-refractivity contribution in [1.29, 1.82) is 0 Å². The highest BCUT2D eigenvalue weighted by Gasteiger charge is 2.19. The fourth-order valence-corrected chi connectivity index (χ4v) is 1.90. The van der Waals surface area contributed by atoms with Crippen molar-refractivity contribution < 1.29 is 19.1 Å². The zero-order chi connectivity index (χ0) is 15.2. The van der Waals surface area contributed by atoms with Gasteiger partial charge < -0.3 is 9.47 Å². The van der Waals surface area contributed by atoms with Crippen LogP contribution in [0.1, 0.15) is 27.6 Å². The number of hydrogen-bond acceptors (Lipinski definition) is 4. The molecule has 0 aliphatic rings. The summed E-state index contributed by atoms with van der Waals surface area (Å²) >= 11 is 5.94. The van der Waals surface area contributed by atoms with Crippen LogP contribution in [0.25, 0.3) is 0 Å². The minimum Gasteiger partial charge on any atom is -0.462 e. The monoisotopic (exact) mass is 304 g/mol. The zero-order valence-corrected chi connectivity index (χ0v) is 12.1. The van der Waals surface area contributed by atoms with Crippen LogP contribution in [0.2, 0.25) is 5.02 Å². The van der Waals surface area contributed by atoms with Gasteiger partial charge in [0.05, 0.1) is 22.8 Å². The first-order chi connectivity index (χ1) is 10.1. The first-order valence-corrected chi connectivity index (χ1v) is 6.74. The molecule has 0 aliphatic heterocycles.